The number of benzene rings is 2. The molecule has 1 atom stereocenters. The van der Waals surface area contributed by atoms with Gasteiger partial charge in [0.05, 0.1) is 12.7 Å². The van der Waals surface area contributed by atoms with Gasteiger partial charge in [0.1, 0.15) is 6.10 Å². The Labute approximate surface area is 121 Å². The molecule has 2 aromatic carbocycles. The molecule has 0 heterocycles. The molecule has 2 heteroatoms. The summed E-state index contributed by atoms with van der Waals surface area (Å²) >= 11 is 0. The van der Waals surface area contributed by atoms with Crippen LogP contribution in [0.2, 0.25) is 0 Å². The van der Waals surface area contributed by atoms with Crippen LogP contribution < -0.4 is 0 Å². The highest BCUT2D eigenvalue weighted by Crippen LogP contribution is 2.25. The molecule has 0 saturated heterocycles. The van der Waals surface area contributed by atoms with Gasteiger partial charge in [-0.15, -0.1) is 0 Å². The van der Waals surface area contributed by atoms with E-state index in [0.717, 1.165) is 0 Å². The second kappa shape index (κ2) is 7.83. The lowest BCUT2D eigenvalue weighted by atomic mass is 10.0. The highest BCUT2D eigenvalue weighted by atomic mass is 16.5. The maximum Gasteiger partial charge on any atom is 0.108 e. The highest BCUT2D eigenvalue weighted by Gasteiger charge is 2.15. The van der Waals surface area contributed by atoms with Crippen molar-refractivity contribution in [1.29, 1.82) is 0 Å². The molecule has 106 valence electrons. The lowest BCUT2D eigenvalue weighted by Gasteiger charge is -2.21. The molecule has 2 aromatic rings. The number of hydrogen-bond donors (Lipinski definition) is 0. The van der Waals surface area contributed by atoms with E-state index in [1.54, 1.807) is 0 Å². The maximum absolute atomic E-state index is 6.10. The van der Waals surface area contributed by atoms with Crippen molar-refractivity contribution < 1.29 is 9.47 Å². The molecule has 0 radical (unpaired) electrons. The molecule has 0 saturated carbocycles. The van der Waals surface area contributed by atoms with Gasteiger partial charge >= 0.3 is 0 Å². The monoisotopic (exact) mass is 270 g/mol. The third kappa shape index (κ3) is 4.19. The number of hydrogen-bond acceptors (Lipinski definition) is 2. The van der Waals surface area contributed by atoms with Gasteiger partial charge in [-0.3, -0.25) is 0 Å². The summed E-state index contributed by atoms with van der Waals surface area (Å²) in [5.74, 6) is 0. The lowest BCUT2D eigenvalue weighted by Crippen LogP contribution is -2.18. The normalized spacial score (nSPS) is 12.6. The molecule has 0 bridgehead atoms. The Balaban J connectivity index is 2.13. The molecular formula is C18H22O2. The predicted octanol–water partition coefficient (Wildman–Crippen LogP) is 4.22. The summed E-state index contributed by atoms with van der Waals surface area (Å²) in [6, 6.07) is 20.6. The van der Waals surface area contributed by atoms with Crippen LogP contribution in [0.15, 0.2) is 60.7 Å². The molecule has 0 amide bonds. The van der Waals surface area contributed by atoms with Gasteiger partial charge in [0.2, 0.25) is 0 Å². The van der Waals surface area contributed by atoms with Crippen molar-refractivity contribution >= 4 is 0 Å². The standard InChI is InChI=1S/C18H22O2/c1-3-19-15(2)14-20-18(16-10-6-4-7-11-16)17-12-8-5-9-13-17/h4-13,15,18H,3,14H2,1-2H3. The number of ether oxygens (including phenoxy) is 2. The molecule has 1 unspecified atom stereocenters. The van der Waals surface area contributed by atoms with Crippen LogP contribution in [0.25, 0.3) is 0 Å². The summed E-state index contributed by atoms with van der Waals surface area (Å²) in [7, 11) is 0. The fourth-order valence-corrected chi connectivity index (χ4v) is 2.20. The van der Waals surface area contributed by atoms with Crippen molar-refractivity contribution in [3.63, 3.8) is 0 Å². The van der Waals surface area contributed by atoms with E-state index in [9.17, 15) is 0 Å². The Morgan fingerprint density at radius 3 is 1.75 bits per heavy atom. The van der Waals surface area contributed by atoms with Crippen LogP contribution in [-0.4, -0.2) is 19.3 Å². The Kier molecular flexibility index (Phi) is 5.78. The Morgan fingerprint density at radius 1 is 0.800 bits per heavy atom. The molecule has 0 aliphatic carbocycles. The average Bonchev–Trinajstić information content (AvgIpc) is 2.50. The van der Waals surface area contributed by atoms with Gasteiger partial charge in [-0.25, -0.2) is 0 Å². The number of rotatable bonds is 7. The second-order valence-electron chi connectivity index (χ2n) is 4.80. The summed E-state index contributed by atoms with van der Waals surface area (Å²) in [5.41, 5.74) is 2.34. The zero-order valence-electron chi connectivity index (χ0n) is 12.2. The molecule has 0 spiro atoms. The smallest absolute Gasteiger partial charge is 0.108 e. The van der Waals surface area contributed by atoms with E-state index in [0.29, 0.717) is 13.2 Å². The van der Waals surface area contributed by atoms with Crippen molar-refractivity contribution in [1.82, 2.24) is 0 Å². The summed E-state index contributed by atoms with van der Waals surface area (Å²) in [5, 5.41) is 0. The van der Waals surface area contributed by atoms with Gasteiger partial charge in [-0.05, 0) is 25.0 Å². The maximum atomic E-state index is 6.10. The molecule has 2 rings (SSSR count). The SMILES string of the molecule is CCOC(C)COC(c1ccccc1)c1ccccc1. The van der Waals surface area contributed by atoms with Crippen molar-refractivity contribution in [2.75, 3.05) is 13.2 Å². The average molecular weight is 270 g/mol. The summed E-state index contributed by atoms with van der Waals surface area (Å²) in [4.78, 5) is 0. The molecule has 0 fully saturated rings. The minimum atomic E-state index is -0.0414. The fourth-order valence-electron chi connectivity index (χ4n) is 2.20. The zero-order valence-corrected chi connectivity index (χ0v) is 12.2. The van der Waals surface area contributed by atoms with Gasteiger partial charge in [-0.2, -0.15) is 0 Å². The van der Waals surface area contributed by atoms with Crippen molar-refractivity contribution in [2.45, 2.75) is 26.1 Å². The molecule has 20 heavy (non-hydrogen) atoms. The fraction of sp³-hybridized carbons (Fsp3) is 0.333. The third-order valence-corrected chi connectivity index (χ3v) is 3.15. The van der Waals surface area contributed by atoms with E-state index in [4.69, 9.17) is 9.47 Å². The van der Waals surface area contributed by atoms with Gasteiger partial charge < -0.3 is 9.47 Å². The molecule has 0 aromatic heterocycles. The van der Waals surface area contributed by atoms with E-state index in [1.807, 2.05) is 50.2 Å². The van der Waals surface area contributed by atoms with E-state index in [1.165, 1.54) is 11.1 Å². The largest absolute Gasteiger partial charge is 0.376 e. The van der Waals surface area contributed by atoms with E-state index >= 15 is 0 Å². The van der Waals surface area contributed by atoms with Crippen LogP contribution in [0.3, 0.4) is 0 Å². The molecule has 0 N–H and O–H groups in total. The summed E-state index contributed by atoms with van der Waals surface area (Å²) in [6.07, 6.45) is 0.0650. The van der Waals surface area contributed by atoms with Crippen LogP contribution >= 0.6 is 0 Å². The topological polar surface area (TPSA) is 18.5 Å². The highest BCUT2D eigenvalue weighted by molar-refractivity contribution is 5.29. The first-order chi connectivity index (χ1) is 9.81. The van der Waals surface area contributed by atoms with Crippen LogP contribution in [0.5, 0.6) is 0 Å². The zero-order chi connectivity index (χ0) is 14.2. The molecule has 0 aliphatic rings. The summed E-state index contributed by atoms with van der Waals surface area (Å²) < 4.78 is 11.6. The van der Waals surface area contributed by atoms with Gasteiger partial charge in [0.15, 0.2) is 0 Å². The van der Waals surface area contributed by atoms with Gasteiger partial charge in [-0.1, -0.05) is 60.7 Å². The van der Waals surface area contributed by atoms with Crippen LogP contribution in [0, 0.1) is 0 Å². The Bertz CT molecular complexity index is 442. The first-order valence-electron chi connectivity index (χ1n) is 7.14. The van der Waals surface area contributed by atoms with E-state index in [2.05, 4.69) is 24.3 Å². The minimum absolute atomic E-state index is 0.0414. The molecule has 0 aliphatic heterocycles. The third-order valence-electron chi connectivity index (χ3n) is 3.15. The molecular weight excluding hydrogens is 248 g/mol. The first kappa shape index (κ1) is 14.8. The van der Waals surface area contributed by atoms with Gasteiger partial charge in [0.25, 0.3) is 0 Å². The Morgan fingerprint density at radius 2 is 1.30 bits per heavy atom. The molecule has 2 nitrogen and oxygen atoms in total. The lowest BCUT2D eigenvalue weighted by molar-refractivity contribution is -0.0223. The van der Waals surface area contributed by atoms with Crippen molar-refractivity contribution in [3.05, 3.63) is 71.8 Å². The minimum Gasteiger partial charge on any atom is -0.376 e. The first-order valence-corrected chi connectivity index (χ1v) is 7.14. The summed E-state index contributed by atoms with van der Waals surface area (Å²) in [6.45, 7) is 5.34. The van der Waals surface area contributed by atoms with Crippen LogP contribution in [0.4, 0.5) is 0 Å². The van der Waals surface area contributed by atoms with Crippen LogP contribution in [0.1, 0.15) is 31.1 Å². The van der Waals surface area contributed by atoms with Crippen molar-refractivity contribution in [3.8, 4) is 0 Å². The van der Waals surface area contributed by atoms with Crippen molar-refractivity contribution in [2.24, 2.45) is 0 Å². The second-order valence-corrected chi connectivity index (χ2v) is 4.80. The predicted molar refractivity (Wildman–Crippen MR) is 81.8 cm³/mol. The van der Waals surface area contributed by atoms with E-state index < -0.39 is 0 Å². The van der Waals surface area contributed by atoms with E-state index in [-0.39, 0.29) is 12.2 Å². The van der Waals surface area contributed by atoms with Crippen LogP contribution in [-0.2, 0) is 9.47 Å². The Hall–Kier alpha value is -1.64. The van der Waals surface area contributed by atoms with Gasteiger partial charge in [0, 0.05) is 6.61 Å². The quantitative estimate of drug-likeness (QED) is 0.750.